The summed E-state index contributed by atoms with van der Waals surface area (Å²) in [5.41, 5.74) is 0.258. The van der Waals surface area contributed by atoms with Crippen LogP contribution in [0.3, 0.4) is 0 Å². The number of ether oxygens (including phenoxy) is 3. The predicted octanol–water partition coefficient (Wildman–Crippen LogP) is 2.75. The predicted molar refractivity (Wildman–Crippen MR) is 101 cm³/mol. The first-order valence-electron chi connectivity index (χ1n) is 9.40. The van der Waals surface area contributed by atoms with E-state index in [2.05, 4.69) is 0 Å². The zero-order valence-electron chi connectivity index (χ0n) is 16.8. The lowest BCUT2D eigenvalue weighted by atomic mass is 10.2. The Kier molecular flexibility index (Phi) is 7.21. The zero-order valence-corrected chi connectivity index (χ0v) is 16.8. The second-order valence-corrected chi connectivity index (χ2v) is 7.66. The van der Waals surface area contributed by atoms with Gasteiger partial charge in [-0.25, -0.2) is 14.2 Å². The van der Waals surface area contributed by atoms with Crippen molar-refractivity contribution in [3.63, 3.8) is 0 Å². The number of morpholine rings is 1. The van der Waals surface area contributed by atoms with Crippen molar-refractivity contribution in [1.29, 1.82) is 0 Å². The van der Waals surface area contributed by atoms with Gasteiger partial charge in [0.25, 0.3) is 0 Å². The Bertz CT molecular complexity index is 621. The van der Waals surface area contributed by atoms with Crippen LogP contribution >= 0.6 is 0 Å². The fourth-order valence-corrected chi connectivity index (χ4v) is 3.02. The summed E-state index contributed by atoms with van der Waals surface area (Å²) in [6.07, 6.45) is -0.511. The van der Waals surface area contributed by atoms with Crippen molar-refractivity contribution >= 4 is 12.1 Å². The number of esters is 1. The summed E-state index contributed by atoms with van der Waals surface area (Å²) < 4.78 is 16.7. The highest BCUT2D eigenvalue weighted by atomic mass is 16.6. The van der Waals surface area contributed by atoms with Gasteiger partial charge in [0.2, 0.25) is 0 Å². The molecule has 0 spiro atoms. The van der Waals surface area contributed by atoms with Gasteiger partial charge >= 0.3 is 12.1 Å². The first kappa shape index (κ1) is 21.2. The minimum Gasteiger partial charge on any atom is -0.459 e. The van der Waals surface area contributed by atoms with Crippen LogP contribution in [0.4, 0.5) is 4.79 Å². The van der Waals surface area contributed by atoms with Gasteiger partial charge in [-0.2, -0.15) is 0 Å². The normalized spacial score (nSPS) is 16.4. The number of nitrogens with zero attached hydrogens (tertiary/aromatic N) is 2. The average molecular weight is 379 g/mol. The molecule has 0 atom stereocenters. The molecule has 1 fully saturated rings. The molecule has 0 N–H and O–H groups in total. The van der Waals surface area contributed by atoms with E-state index in [1.54, 1.807) is 0 Å². The Morgan fingerprint density at radius 3 is 2.33 bits per heavy atom. The number of likely N-dealkylation sites (N-methyl/N-ethyl adjacent to an activating group) is 1. The minimum absolute atomic E-state index is 0.157. The van der Waals surface area contributed by atoms with E-state index in [0.717, 1.165) is 5.56 Å². The van der Waals surface area contributed by atoms with Crippen LogP contribution in [-0.2, 0) is 25.6 Å². The Hall–Kier alpha value is -2.12. The van der Waals surface area contributed by atoms with Gasteiger partial charge in [0.15, 0.2) is 6.54 Å². The molecule has 1 saturated heterocycles. The summed E-state index contributed by atoms with van der Waals surface area (Å²) in [6, 6.07) is 9.47. The molecule has 0 aliphatic carbocycles. The second-order valence-electron chi connectivity index (χ2n) is 7.66. The summed E-state index contributed by atoms with van der Waals surface area (Å²) in [5, 5.41) is 1.49. The third-order valence-electron chi connectivity index (χ3n) is 4.53. The van der Waals surface area contributed by atoms with Gasteiger partial charge in [0.1, 0.15) is 25.3 Å². The molecule has 1 aromatic carbocycles. The Balaban J connectivity index is 2.11. The highest BCUT2D eigenvalue weighted by Crippen LogP contribution is 2.20. The van der Waals surface area contributed by atoms with E-state index in [1.165, 1.54) is 5.01 Å². The molecule has 27 heavy (non-hydrogen) atoms. The molecule has 0 unspecified atom stereocenters. The molecule has 1 heterocycles. The van der Waals surface area contributed by atoms with Crippen molar-refractivity contribution in [2.24, 2.45) is 0 Å². The number of amides is 1. The smallest absolute Gasteiger partial charge is 0.455 e. The Morgan fingerprint density at radius 1 is 1.15 bits per heavy atom. The molecule has 7 heteroatoms. The molecule has 1 amide bonds. The van der Waals surface area contributed by atoms with Gasteiger partial charge in [-0.15, -0.1) is 5.01 Å². The molecule has 2 rings (SSSR count). The Labute approximate surface area is 161 Å². The van der Waals surface area contributed by atoms with Crippen LogP contribution in [0.25, 0.3) is 0 Å². The highest BCUT2D eigenvalue weighted by molar-refractivity contribution is 5.77. The third kappa shape index (κ3) is 6.22. The van der Waals surface area contributed by atoms with E-state index in [-0.39, 0.29) is 13.2 Å². The fraction of sp³-hybridized carbons (Fsp3) is 0.600. The number of carbonyl (C=O) groups is 2. The van der Waals surface area contributed by atoms with Gasteiger partial charge < -0.3 is 14.2 Å². The standard InChI is InChI=1S/C20H31N2O5/c1-5-22(11-13-25-14-12-22)21(19(24)27-20(2,3)4)15-18(23)26-16-17-9-7-6-8-10-17/h6-10H,5,11-16H2,1-4H3/q+1. The quantitative estimate of drug-likeness (QED) is 0.562. The average Bonchev–Trinajstić information content (AvgIpc) is 2.64. The summed E-state index contributed by atoms with van der Waals surface area (Å²) in [4.78, 5) is 25.4. The van der Waals surface area contributed by atoms with Crippen molar-refractivity contribution in [2.75, 3.05) is 39.4 Å². The van der Waals surface area contributed by atoms with Crippen LogP contribution in [0.2, 0.25) is 0 Å². The highest BCUT2D eigenvalue weighted by Gasteiger charge is 2.43. The van der Waals surface area contributed by atoms with Crippen LogP contribution < -0.4 is 0 Å². The summed E-state index contributed by atoms with van der Waals surface area (Å²) in [5.74, 6) is -0.456. The minimum atomic E-state index is -0.646. The largest absolute Gasteiger partial charge is 0.459 e. The zero-order chi connectivity index (χ0) is 19.9. The SMILES string of the molecule is CC[N+]1(N(CC(=O)OCc2ccccc2)C(=O)OC(C)(C)C)CCOCC1. The topological polar surface area (TPSA) is 65.1 Å². The first-order chi connectivity index (χ1) is 12.8. The lowest BCUT2D eigenvalue weighted by Gasteiger charge is -2.46. The van der Waals surface area contributed by atoms with Crippen molar-refractivity contribution in [3.8, 4) is 0 Å². The number of rotatable bonds is 6. The van der Waals surface area contributed by atoms with Crippen LogP contribution in [0.15, 0.2) is 30.3 Å². The van der Waals surface area contributed by atoms with Crippen molar-refractivity contribution in [3.05, 3.63) is 35.9 Å². The van der Waals surface area contributed by atoms with Crippen LogP contribution in [0, 0.1) is 0 Å². The summed E-state index contributed by atoms with van der Waals surface area (Å²) in [6.45, 7) is 10.4. The number of carbonyl (C=O) groups excluding carboxylic acids is 2. The van der Waals surface area contributed by atoms with E-state index in [1.807, 2.05) is 58.0 Å². The van der Waals surface area contributed by atoms with E-state index >= 15 is 0 Å². The molecule has 0 saturated carbocycles. The van der Waals surface area contributed by atoms with E-state index in [9.17, 15) is 9.59 Å². The number of benzene rings is 1. The van der Waals surface area contributed by atoms with Gasteiger partial charge in [-0.05, 0) is 33.3 Å². The number of hydrogen-bond donors (Lipinski definition) is 0. The number of quaternary nitrogens is 1. The Morgan fingerprint density at radius 2 is 1.78 bits per heavy atom. The fourth-order valence-electron chi connectivity index (χ4n) is 3.02. The van der Waals surface area contributed by atoms with Gasteiger partial charge in [0, 0.05) is 0 Å². The lowest BCUT2D eigenvalue weighted by molar-refractivity contribution is -1.03. The molecule has 0 aromatic heterocycles. The van der Waals surface area contributed by atoms with E-state index < -0.39 is 17.7 Å². The van der Waals surface area contributed by atoms with Crippen LogP contribution in [0.1, 0.15) is 33.3 Å². The van der Waals surface area contributed by atoms with Gasteiger partial charge in [0.05, 0.1) is 19.8 Å². The summed E-state index contributed by atoms with van der Waals surface area (Å²) in [7, 11) is 0. The first-order valence-corrected chi connectivity index (χ1v) is 9.40. The molecule has 7 nitrogen and oxygen atoms in total. The van der Waals surface area contributed by atoms with Crippen molar-refractivity contribution in [2.45, 2.75) is 39.9 Å². The maximum absolute atomic E-state index is 12.9. The molecular weight excluding hydrogens is 348 g/mol. The third-order valence-corrected chi connectivity index (χ3v) is 4.53. The molecular formula is C20H31N2O5+. The molecule has 150 valence electrons. The molecule has 1 aliphatic rings. The van der Waals surface area contributed by atoms with Crippen molar-refractivity contribution in [1.82, 2.24) is 5.01 Å². The second kappa shape index (κ2) is 9.19. The van der Waals surface area contributed by atoms with Crippen LogP contribution in [-0.4, -0.2) is 66.7 Å². The van der Waals surface area contributed by atoms with E-state index in [0.29, 0.717) is 37.4 Å². The van der Waals surface area contributed by atoms with E-state index in [4.69, 9.17) is 14.2 Å². The summed E-state index contributed by atoms with van der Waals surface area (Å²) >= 11 is 0. The van der Waals surface area contributed by atoms with Gasteiger partial charge in [-0.3, -0.25) is 0 Å². The van der Waals surface area contributed by atoms with Crippen molar-refractivity contribution < 1.29 is 28.4 Å². The number of hydrogen-bond acceptors (Lipinski definition) is 5. The maximum Gasteiger partial charge on any atom is 0.455 e. The van der Waals surface area contributed by atoms with Crippen LogP contribution in [0.5, 0.6) is 0 Å². The monoisotopic (exact) mass is 379 g/mol. The molecule has 0 bridgehead atoms. The lowest BCUT2D eigenvalue weighted by Crippen LogP contribution is -2.67. The molecule has 0 radical (unpaired) electrons. The molecule has 1 aliphatic heterocycles. The van der Waals surface area contributed by atoms with Gasteiger partial charge in [-0.1, -0.05) is 30.3 Å². The molecule has 1 aromatic rings. The maximum atomic E-state index is 12.9.